The van der Waals surface area contributed by atoms with Crippen LogP contribution in [-0.2, 0) is 4.74 Å². The number of anilines is 3. The van der Waals surface area contributed by atoms with Crippen molar-refractivity contribution in [3.05, 3.63) is 30.6 Å². The van der Waals surface area contributed by atoms with Gasteiger partial charge in [-0.15, -0.1) is 0 Å². The average molecular weight is 370 g/mol. The smallest absolute Gasteiger partial charge is 0.146 e. The molecule has 7 heteroatoms. The largest absolute Gasteiger partial charge is 0.497 e. The molecule has 1 saturated heterocycles. The molecule has 1 aliphatic carbocycles. The second-order valence-electron chi connectivity index (χ2n) is 7.09. The van der Waals surface area contributed by atoms with Crippen LogP contribution >= 0.6 is 0 Å². The summed E-state index contributed by atoms with van der Waals surface area (Å²) in [4.78, 5) is 8.70. The Morgan fingerprint density at radius 3 is 2.67 bits per heavy atom. The normalized spacial score (nSPS) is 22.1. The fourth-order valence-electron chi connectivity index (χ4n) is 3.51. The highest BCUT2D eigenvalue weighted by Gasteiger charge is 2.35. The summed E-state index contributed by atoms with van der Waals surface area (Å²) in [6.07, 6.45) is 6.63. The Morgan fingerprint density at radius 1 is 1.04 bits per heavy atom. The van der Waals surface area contributed by atoms with Gasteiger partial charge >= 0.3 is 0 Å². The van der Waals surface area contributed by atoms with E-state index < -0.39 is 0 Å². The molecule has 1 aromatic carbocycles. The van der Waals surface area contributed by atoms with Crippen LogP contribution in [0.2, 0.25) is 0 Å². The lowest BCUT2D eigenvalue weighted by Gasteiger charge is -2.30. The van der Waals surface area contributed by atoms with Gasteiger partial charge in [0.1, 0.15) is 29.5 Å². The number of benzene rings is 1. The number of rotatable bonds is 7. The molecule has 7 nitrogen and oxygen atoms in total. The van der Waals surface area contributed by atoms with E-state index in [0.717, 1.165) is 42.6 Å². The van der Waals surface area contributed by atoms with E-state index >= 15 is 0 Å². The summed E-state index contributed by atoms with van der Waals surface area (Å²) < 4.78 is 16.6. The van der Waals surface area contributed by atoms with Gasteiger partial charge in [-0.2, -0.15) is 0 Å². The SMILES string of the molecule is COc1ccc(Nc2cc(NC3CCOC(C4CC4)C3)ncn2)c(OC)c1. The van der Waals surface area contributed by atoms with Crippen LogP contribution in [0.4, 0.5) is 17.3 Å². The Kier molecular flexibility index (Phi) is 5.29. The summed E-state index contributed by atoms with van der Waals surface area (Å²) in [5.41, 5.74) is 0.822. The number of nitrogens with zero attached hydrogens (tertiary/aromatic N) is 2. The first-order valence-electron chi connectivity index (χ1n) is 9.44. The van der Waals surface area contributed by atoms with Gasteiger partial charge in [0.2, 0.25) is 0 Å². The van der Waals surface area contributed by atoms with Gasteiger partial charge in [-0.25, -0.2) is 9.97 Å². The van der Waals surface area contributed by atoms with Crippen molar-refractivity contribution in [2.24, 2.45) is 5.92 Å². The van der Waals surface area contributed by atoms with Crippen LogP contribution < -0.4 is 20.1 Å². The zero-order valence-electron chi connectivity index (χ0n) is 15.8. The van der Waals surface area contributed by atoms with Gasteiger partial charge in [0, 0.05) is 24.8 Å². The predicted octanol–water partition coefficient (Wildman–Crippen LogP) is 3.61. The fourth-order valence-corrected chi connectivity index (χ4v) is 3.51. The minimum absolute atomic E-state index is 0.391. The van der Waals surface area contributed by atoms with Crippen LogP contribution in [0, 0.1) is 5.92 Å². The van der Waals surface area contributed by atoms with Crippen LogP contribution in [0.25, 0.3) is 0 Å². The maximum absolute atomic E-state index is 5.91. The highest BCUT2D eigenvalue weighted by Crippen LogP contribution is 2.38. The van der Waals surface area contributed by atoms with E-state index in [4.69, 9.17) is 14.2 Å². The molecule has 2 aromatic rings. The van der Waals surface area contributed by atoms with Gasteiger partial charge in [-0.05, 0) is 43.7 Å². The van der Waals surface area contributed by atoms with Crippen LogP contribution in [0.5, 0.6) is 11.5 Å². The first-order chi connectivity index (χ1) is 13.2. The number of methoxy groups -OCH3 is 2. The Bertz CT molecular complexity index is 782. The topological polar surface area (TPSA) is 77.5 Å². The lowest BCUT2D eigenvalue weighted by molar-refractivity contribution is -0.00223. The van der Waals surface area contributed by atoms with Gasteiger partial charge in [0.25, 0.3) is 0 Å². The standard InChI is InChI=1S/C20H26N4O3/c1-25-15-5-6-16(18(10-15)26-2)24-20-11-19(21-12-22-20)23-14-7-8-27-17(9-14)13-3-4-13/h5-6,10-14,17H,3-4,7-9H2,1-2H3,(H2,21,22,23,24). The zero-order chi connectivity index (χ0) is 18.6. The molecule has 0 amide bonds. The molecule has 0 spiro atoms. The third-order valence-corrected chi connectivity index (χ3v) is 5.15. The fraction of sp³-hybridized carbons (Fsp3) is 0.500. The molecule has 2 N–H and O–H groups in total. The average Bonchev–Trinajstić information content (AvgIpc) is 3.54. The molecular formula is C20H26N4O3. The van der Waals surface area contributed by atoms with Gasteiger partial charge in [0.05, 0.1) is 26.0 Å². The van der Waals surface area contributed by atoms with Crippen LogP contribution in [0.1, 0.15) is 25.7 Å². The van der Waals surface area contributed by atoms with E-state index in [2.05, 4.69) is 20.6 Å². The molecule has 1 aromatic heterocycles. The van der Waals surface area contributed by atoms with Crippen LogP contribution in [0.3, 0.4) is 0 Å². The monoisotopic (exact) mass is 370 g/mol. The van der Waals surface area contributed by atoms with Crippen molar-refractivity contribution in [2.75, 3.05) is 31.5 Å². The lowest BCUT2D eigenvalue weighted by Crippen LogP contribution is -2.35. The molecule has 0 bridgehead atoms. The number of ether oxygens (including phenoxy) is 3. The summed E-state index contributed by atoms with van der Waals surface area (Å²) in [5.74, 6) is 3.73. The van der Waals surface area contributed by atoms with Gasteiger partial charge in [0.15, 0.2) is 0 Å². The molecule has 2 heterocycles. The Balaban J connectivity index is 1.43. The molecule has 27 heavy (non-hydrogen) atoms. The van der Waals surface area contributed by atoms with Gasteiger partial charge < -0.3 is 24.8 Å². The van der Waals surface area contributed by atoms with E-state index in [0.29, 0.717) is 23.7 Å². The maximum atomic E-state index is 5.91. The number of aromatic nitrogens is 2. The predicted molar refractivity (Wildman–Crippen MR) is 104 cm³/mol. The van der Waals surface area contributed by atoms with Gasteiger partial charge in [-0.1, -0.05) is 0 Å². The summed E-state index contributed by atoms with van der Waals surface area (Å²) >= 11 is 0. The first-order valence-corrected chi connectivity index (χ1v) is 9.44. The molecule has 0 radical (unpaired) electrons. The Labute approximate surface area is 159 Å². The number of hydrogen-bond donors (Lipinski definition) is 2. The second-order valence-corrected chi connectivity index (χ2v) is 7.09. The van der Waals surface area contributed by atoms with Crippen molar-refractivity contribution in [3.8, 4) is 11.5 Å². The molecule has 4 rings (SSSR count). The van der Waals surface area contributed by atoms with E-state index in [1.54, 1.807) is 20.5 Å². The van der Waals surface area contributed by atoms with Crippen LogP contribution in [-0.4, -0.2) is 42.9 Å². The Morgan fingerprint density at radius 2 is 1.89 bits per heavy atom. The Hall–Kier alpha value is -2.54. The van der Waals surface area contributed by atoms with Crippen LogP contribution in [0.15, 0.2) is 30.6 Å². The van der Waals surface area contributed by atoms with Crippen molar-refractivity contribution >= 4 is 17.3 Å². The molecular weight excluding hydrogens is 344 g/mol. The van der Waals surface area contributed by atoms with E-state index in [1.807, 2.05) is 24.3 Å². The lowest BCUT2D eigenvalue weighted by atomic mass is 10.00. The second kappa shape index (κ2) is 8.00. The van der Waals surface area contributed by atoms with Crippen molar-refractivity contribution in [3.63, 3.8) is 0 Å². The molecule has 2 unspecified atom stereocenters. The van der Waals surface area contributed by atoms with E-state index in [1.165, 1.54) is 12.8 Å². The zero-order valence-corrected chi connectivity index (χ0v) is 15.8. The van der Waals surface area contributed by atoms with Crippen molar-refractivity contribution in [2.45, 2.75) is 37.8 Å². The molecule has 2 fully saturated rings. The first kappa shape index (κ1) is 17.9. The highest BCUT2D eigenvalue weighted by atomic mass is 16.5. The number of hydrogen-bond acceptors (Lipinski definition) is 7. The van der Waals surface area contributed by atoms with E-state index in [-0.39, 0.29) is 0 Å². The quantitative estimate of drug-likeness (QED) is 0.771. The minimum atomic E-state index is 0.391. The molecule has 1 saturated carbocycles. The van der Waals surface area contributed by atoms with Crippen molar-refractivity contribution in [1.82, 2.24) is 9.97 Å². The number of nitrogens with one attached hydrogen (secondary N) is 2. The van der Waals surface area contributed by atoms with Gasteiger partial charge in [-0.3, -0.25) is 0 Å². The van der Waals surface area contributed by atoms with Crippen molar-refractivity contribution < 1.29 is 14.2 Å². The summed E-state index contributed by atoms with van der Waals surface area (Å²) in [6.45, 7) is 0.818. The highest BCUT2D eigenvalue weighted by molar-refractivity contribution is 5.66. The maximum Gasteiger partial charge on any atom is 0.146 e. The molecule has 1 aliphatic heterocycles. The molecule has 144 valence electrons. The summed E-state index contributed by atoms with van der Waals surface area (Å²) in [7, 11) is 3.27. The molecule has 2 aliphatic rings. The molecule has 2 atom stereocenters. The third kappa shape index (κ3) is 4.42. The van der Waals surface area contributed by atoms with E-state index in [9.17, 15) is 0 Å². The van der Waals surface area contributed by atoms with Crippen molar-refractivity contribution in [1.29, 1.82) is 0 Å². The minimum Gasteiger partial charge on any atom is -0.497 e. The summed E-state index contributed by atoms with van der Waals surface area (Å²) in [6, 6.07) is 7.94. The third-order valence-electron chi connectivity index (χ3n) is 5.15. The summed E-state index contributed by atoms with van der Waals surface area (Å²) in [5, 5.41) is 6.84.